The van der Waals surface area contributed by atoms with Gasteiger partial charge in [0.2, 0.25) is 0 Å². The number of rotatable bonds is 3. The van der Waals surface area contributed by atoms with Gasteiger partial charge in [-0.3, -0.25) is 0 Å². The van der Waals surface area contributed by atoms with E-state index in [1.54, 1.807) is 11.3 Å². The third kappa shape index (κ3) is 1.72. The lowest BCUT2D eigenvalue weighted by Crippen LogP contribution is -2.46. The molecule has 0 aromatic carbocycles. The van der Waals surface area contributed by atoms with Crippen LogP contribution < -0.4 is 0 Å². The van der Waals surface area contributed by atoms with Gasteiger partial charge in [0, 0.05) is 21.2 Å². The van der Waals surface area contributed by atoms with Gasteiger partial charge in [0.25, 0.3) is 0 Å². The number of halogens is 1. The summed E-state index contributed by atoms with van der Waals surface area (Å²) in [6, 6.07) is 4.35. The first-order valence-corrected chi connectivity index (χ1v) is 6.13. The zero-order valence-corrected chi connectivity index (χ0v) is 10.0. The number of thiophene rings is 1. The molecule has 1 aliphatic rings. The Kier molecular flexibility index (Phi) is 2.91. The van der Waals surface area contributed by atoms with Crippen molar-refractivity contribution in [1.82, 2.24) is 0 Å². The normalized spacial score (nSPS) is 18.6. The molecule has 0 saturated carbocycles. The Morgan fingerprint density at radius 1 is 1.64 bits per heavy atom. The van der Waals surface area contributed by atoms with E-state index >= 15 is 0 Å². The van der Waals surface area contributed by atoms with E-state index in [4.69, 9.17) is 10.00 Å². The van der Waals surface area contributed by atoms with Crippen molar-refractivity contribution in [2.45, 2.75) is 18.3 Å². The van der Waals surface area contributed by atoms with Crippen LogP contribution in [0.4, 0.5) is 0 Å². The van der Waals surface area contributed by atoms with Crippen molar-refractivity contribution in [3.05, 3.63) is 20.8 Å². The highest BCUT2D eigenvalue weighted by Gasteiger charge is 2.40. The fourth-order valence-corrected chi connectivity index (χ4v) is 3.28. The summed E-state index contributed by atoms with van der Waals surface area (Å²) >= 11 is 5.20. The molecule has 0 N–H and O–H groups in total. The number of hydrogen-bond donors (Lipinski definition) is 0. The Hall–Kier alpha value is -0.370. The van der Waals surface area contributed by atoms with Gasteiger partial charge in [-0.15, -0.1) is 11.3 Å². The average molecular weight is 272 g/mol. The summed E-state index contributed by atoms with van der Waals surface area (Å²) < 4.78 is 6.41. The summed E-state index contributed by atoms with van der Waals surface area (Å²) in [5.74, 6) is 0. The lowest BCUT2D eigenvalue weighted by Gasteiger charge is -2.40. The largest absolute Gasteiger partial charge is 0.379 e. The van der Waals surface area contributed by atoms with Crippen LogP contribution in [0.1, 0.15) is 17.7 Å². The Balaban J connectivity index is 2.16. The molecule has 0 radical (unpaired) electrons. The molecule has 0 atom stereocenters. The third-order valence-electron chi connectivity index (χ3n) is 2.56. The van der Waals surface area contributed by atoms with Crippen molar-refractivity contribution in [1.29, 1.82) is 5.26 Å². The number of nitriles is 1. The van der Waals surface area contributed by atoms with E-state index in [2.05, 4.69) is 33.4 Å². The molecule has 0 aliphatic carbocycles. The molecule has 0 unspecified atom stereocenters. The van der Waals surface area contributed by atoms with Crippen molar-refractivity contribution in [3.8, 4) is 6.07 Å². The van der Waals surface area contributed by atoms with Gasteiger partial charge < -0.3 is 4.74 Å². The fourth-order valence-electron chi connectivity index (χ4n) is 1.64. The van der Waals surface area contributed by atoms with Crippen molar-refractivity contribution in [2.24, 2.45) is 0 Å². The number of hydrogen-bond acceptors (Lipinski definition) is 3. The standard InChI is InChI=1S/C10H10BrNOS/c11-8-4-9(14-5-8)10(2-1-3-12)6-13-7-10/h4-5H,1-2,6-7H2. The Bertz CT molecular complexity index is 364. The Labute approximate surface area is 95.6 Å². The van der Waals surface area contributed by atoms with Crippen LogP contribution in [-0.2, 0) is 10.2 Å². The lowest BCUT2D eigenvalue weighted by atomic mass is 9.80. The molecule has 0 bridgehead atoms. The molecule has 2 heterocycles. The topological polar surface area (TPSA) is 33.0 Å². The second-order valence-corrected chi connectivity index (χ2v) is 5.39. The van der Waals surface area contributed by atoms with Crippen LogP contribution in [0.3, 0.4) is 0 Å². The Morgan fingerprint density at radius 3 is 2.86 bits per heavy atom. The maximum absolute atomic E-state index is 8.60. The van der Waals surface area contributed by atoms with Crippen LogP contribution in [0.25, 0.3) is 0 Å². The smallest absolute Gasteiger partial charge is 0.0622 e. The molecule has 2 rings (SSSR count). The fraction of sp³-hybridized carbons (Fsp3) is 0.500. The molecule has 14 heavy (non-hydrogen) atoms. The first kappa shape index (κ1) is 10.2. The molecule has 2 nitrogen and oxygen atoms in total. The van der Waals surface area contributed by atoms with Gasteiger partial charge in [-0.25, -0.2) is 0 Å². The van der Waals surface area contributed by atoms with Gasteiger partial charge in [0.1, 0.15) is 0 Å². The van der Waals surface area contributed by atoms with Gasteiger partial charge >= 0.3 is 0 Å². The molecule has 0 spiro atoms. The summed E-state index contributed by atoms with van der Waals surface area (Å²) in [5, 5.41) is 10.7. The lowest BCUT2D eigenvalue weighted by molar-refractivity contribution is -0.0618. The molecular formula is C10H10BrNOS. The number of nitrogens with zero attached hydrogens (tertiary/aromatic N) is 1. The van der Waals surface area contributed by atoms with Gasteiger partial charge in [-0.1, -0.05) is 0 Å². The summed E-state index contributed by atoms with van der Waals surface area (Å²) in [6.07, 6.45) is 1.52. The molecule has 0 amide bonds. The minimum Gasteiger partial charge on any atom is -0.379 e. The zero-order chi connectivity index (χ0) is 10.0. The van der Waals surface area contributed by atoms with E-state index in [-0.39, 0.29) is 5.41 Å². The van der Waals surface area contributed by atoms with Gasteiger partial charge in [-0.05, 0) is 28.4 Å². The van der Waals surface area contributed by atoms with Crippen molar-refractivity contribution in [2.75, 3.05) is 13.2 Å². The van der Waals surface area contributed by atoms with E-state index < -0.39 is 0 Å². The SMILES string of the molecule is N#CCCC1(c2cc(Br)cs2)COC1. The van der Waals surface area contributed by atoms with Crippen LogP contribution in [0, 0.1) is 11.3 Å². The maximum atomic E-state index is 8.60. The second kappa shape index (κ2) is 4.01. The van der Waals surface area contributed by atoms with Crippen molar-refractivity contribution in [3.63, 3.8) is 0 Å². The molecule has 1 fully saturated rings. The highest BCUT2D eigenvalue weighted by Crippen LogP contribution is 2.40. The molecule has 1 aromatic heterocycles. The summed E-state index contributed by atoms with van der Waals surface area (Å²) in [7, 11) is 0. The molecule has 74 valence electrons. The summed E-state index contributed by atoms with van der Waals surface area (Å²) in [5.41, 5.74) is 0.131. The molecule has 1 saturated heterocycles. The molecular weight excluding hydrogens is 262 g/mol. The average Bonchev–Trinajstić information content (AvgIpc) is 2.51. The highest BCUT2D eigenvalue weighted by molar-refractivity contribution is 9.10. The molecule has 1 aromatic rings. The minimum absolute atomic E-state index is 0.131. The van der Waals surface area contributed by atoms with Gasteiger partial charge in [-0.2, -0.15) is 5.26 Å². The number of ether oxygens (including phenoxy) is 1. The van der Waals surface area contributed by atoms with Crippen molar-refractivity contribution < 1.29 is 4.74 Å². The van der Waals surface area contributed by atoms with Crippen LogP contribution in [0.2, 0.25) is 0 Å². The van der Waals surface area contributed by atoms with Crippen LogP contribution in [-0.4, -0.2) is 13.2 Å². The summed E-state index contributed by atoms with van der Waals surface area (Å²) in [4.78, 5) is 1.34. The highest BCUT2D eigenvalue weighted by atomic mass is 79.9. The van der Waals surface area contributed by atoms with Crippen LogP contribution >= 0.6 is 27.3 Å². The van der Waals surface area contributed by atoms with Crippen LogP contribution in [0.5, 0.6) is 0 Å². The van der Waals surface area contributed by atoms with Gasteiger partial charge in [0.15, 0.2) is 0 Å². The summed E-state index contributed by atoms with van der Waals surface area (Å²) in [6.45, 7) is 1.53. The van der Waals surface area contributed by atoms with E-state index in [0.717, 1.165) is 24.1 Å². The first-order chi connectivity index (χ1) is 6.77. The van der Waals surface area contributed by atoms with E-state index in [1.165, 1.54) is 4.88 Å². The minimum atomic E-state index is 0.131. The van der Waals surface area contributed by atoms with E-state index in [0.29, 0.717) is 6.42 Å². The van der Waals surface area contributed by atoms with Crippen molar-refractivity contribution >= 4 is 27.3 Å². The predicted octanol–water partition coefficient (Wildman–Crippen LogP) is 3.08. The molecule has 4 heteroatoms. The van der Waals surface area contributed by atoms with Crippen LogP contribution in [0.15, 0.2) is 15.9 Å². The van der Waals surface area contributed by atoms with E-state index in [9.17, 15) is 0 Å². The maximum Gasteiger partial charge on any atom is 0.0622 e. The monoisotopic (exact) mass is 271 g/mol. The Morgan fingerprint density at radius 2 is 2.43 bits per heavy atom. The van der Waals surface area contributed by atoms with Gasteiger partial charge in [0.05, 0.1) is 24.7 Å². The second-order valence-electron chi connectivity index (χ2n) is 3.56. The first-order valence-electron chi connectivity index (χ1n) is 4.46. The predicted molar refractivity (Wildman–Crippen MR) is 59.4 cm³/mol. The third-order valence-corrected chi connectivity index (χ3v) is 4.50. The quantitative estimate of drug-likeness (QED) is 0.847. The molecule has 1 aliphatic heterocycles. The zero-order valence-electron chi connectivity index (χ0n) is 7.62. The van der Waals surface area contributed by atoms with E-state index in [1.807, 2.05) is 0 Å².